The number of methoxy groups -OCH3 is 2. The standard InChI is InChI=1S/C17H22N4O4/c1-23-9-7-19-17(22)15-11-16(21-12-20-15)18-8-10-25-14-5-3-13(24-2)4-6-14/h3-6,11-12H,7-10H2,1-2H3,(H,19,22)(H,18,20,21). The fourth-order valence-corrected chi connectivity index (χ4v) is 1.96. The largest absolute Gasteiger partial charge is 0.497 e. The Labute approximate surface area is 146 Å². The topological polar surface area (TPSA) is 94.6 Å². The van der Waals surface area contributed by atoms with E-state index in [0.717, 1.165) is 11.5 Å². The van der Waals surface area contributed by atoms with E-state index in [1.165, 1.54) is 6.33 Å². The van der Waals surface area contributed by atoms with Crippen LogP contribution in [0.25, 0.3) is 0 Å². The normalized spacial score (nSPS) is 10.2. The van der Waals surface area contributed by atoms with Crippen molar-refractivity contribution in [3.63, 3.8) is 0 Å². The molecule has 0 aliphatic rings. The van der Waals surface area contributed by atoms with Crippen molar-refractivity contribution < 1.29 is 19.0 Å². The van der Waals surface area contributed by atoms with Crippen molar-refractivity contribution in [2.75, 3.05) is 45.8 Å². The molecular formula is C17H22N4O4. The third-order valence-corrected chi connectivity index (χ3v) is 3.23. The molecule has 2 rings (SSSR count). The Morgan fingerprint density at radius 3 is 2.52 bits per heavy atom. The highest BCUT2D eigenvalue weighted by Gasteiger charge is 2.07. The molecule has 2 aromatic rings. The first-order valence-electron chi connectivity index (χ1n) is 7.83. The molecule has 0 saturated carbocycles. The maximum Gasteiger partial charge on any atom is 0.270 e. The summed E-state index contributed by atoms with van der Waals surface area (Å²) in [5.41, 5.74) is 0.296. The van der Waals surface area contributed by atoms with Gasteiger partial charge >= 0.3 is 0 Å². The third-order valence-electron chi connectivity index (χ3n) is 3.23. The summed E-state index contributed by atoms with van der Waals surface area (Å²) in [4.78, 5) is 20.0. The Morgan fingerprint density at radius 2 is 1.80 bits per heavy atom. The molecule has 0 fully saturated rings. The molecule has 0 bridgehead atoms. The van der Waals surface area contributed by atoms with Crippen molar-refractivity contribution in [1.82, 2.24) is 15.3 Å². The monoisotopic (exact) mass is 346 g/mol. The van der Waals surface area contributed by atoms with Gasteiger partial charge in [-0.2, -0.15) is 0 Å². The molecule has 25 heavy (non-hydrogen) atoms. The van der Waals surface area contributed by atoms with Crippen molar-refractivity contribution in [3.05, 3.63) is 42.4 Å². The van der Waals surface area contributed by atoms with E-state index >= 15 is 0 Å². The number of benzene rings is 1. The number of amides is 1. The lowest BCUT2D eigenvalue weighted by Crippen LogP contribution is -2.28. The quantitative estimate of drug-likeness (QED) is 0.627. The van der Waals surface area contributed by atoms with Gasteiger partial charge in [-0.15, -0.1) is 0 Å². The first-order valence-corrected chi connectivity index (χ1v) is 7.83. The molecule has 0 atom stereocenters. The zero-order chi connectivity index (χ0) is 17.9. The van der Waals surface area contributed by atoms with Crippen molar-refractivity contribution in [2.45, 2.75) is 0 Å². The molecule has 0 unspecified atom stereocenters. The van der Waals surface area contributed by atoms with E-state index in [-0.39, 0.29) is 5.91 Å². The molecule has 8 nitrogen and oxygen atoms in total. The number of aromatic nitrogens is 2. The molecule has 0 spiro atoms. The number of nitrogens with zero attached hydrogens (tertiary/aromatic N) is 2. The van der Waals surface area contributed by atoms with Gasteiger partial charge < -0.3 is 24.8 Å². The highest BCUT2D eigenvalue weighted by molar-refractivity contribution is 5.92. The van der Waals surface area contributed by atoms with Crippen LogP contribution in [0.3, 0.4) is 0 Å². The van der Waals surface area contributed by atoms with E-state index in [1.807, 2.05) is 24.3 Å². The van der Waals surface area contributed by atoms with Crippen LogP contribution in [0.5, 0.6) is 11.5 Å². The van der Waals surface area contributed by atoms with Crippen LogP contribution in [0.15, 0.2) is 36.7 Å². The van der Waals surface area contributed by atoms with Gasteiger partial charge in [-0.1, -0.05) is 0 Å². The van der Waals surface area contributed by atoms with E-state index in [4.69, 9.17) is 14.2 Å². The summed E-state index contributed by atoms with van der Waals surface area (Å²) in [6.45, 7) is 1.86. The highest BCUT2D eigenvalue weighted by atomic mass is 16.5. The molecule has 1 heterocycles. The zero-order valence-electron chi connectivity index (χ0n) is 14.3. The average Bonchev–Trinajstić information content (AvgIpc) is 2.66. The minimum Gasteiger partial charge on any atom is -0.497 e. The lowest BCUT2D eigenvalue weighted by Gasteiger charge is -2.09. The maximum absolute atomic E-state index is 11.9. The van der Waals surface area contributed by atoms with Gasteiger partial charge in [0.05, 0.1) is 20.3 Å². The Kier molecular flexibility index (Phi) is 7.45. The number of carbonyl (C=O) groups excluding carboxylic acids is 1. The van der Waals surface area contributed by atoms with E-state index in [1.54, 1.807) is 20.3 Å². The Bertz CT molecular complexity index is 664. The van der Waals surface area contributed by atoms with Gasteiger partial charge in [-0.25, -0.2) is 9.97 Å². The van der Waals surface area contributed by atoms with Crippen molar-refractivity contribution in [2.24, 2.45) is 0 Å². The number of hydrogen-bond acceptors (Lipinski definition) is 7. The van der Waals surface area contributed by atoms with Crippen molar-refractivity contribution >= 4 is 11.7 Å². The van der Waals surface area contributed by atoms with Crippen molar-refractivity contribution in [3.8, 4) is 11.5 Å². The van der Waals surface area contributed by atoms with Gasteiger partial charge in [-0.05, 0) is 24.3 Å². The lowest BCUT2D eigenvalue weighted by molar-refractivity contribution is 0.0932. The number of ether oxygens (including phenoxy) is 3. The minimum absolute atomic E-state index is 0.267. The fourth-order valence-electron chi connectivity index (χ4n) is 1.96. The molecule has 2 N–H and O–H groups in total. The SMILES string of the molecule is COCCNC(=O)c1cc(NCCOc2ccc(OC)cc2)ncn1. The van der Waals surface area contributed by atoms with E-state index < -0.39 is 0 Å². The van der Waals surface area contributed by atoms with Gasteiger partial charge in [0, 0.05) is 19.7 Å². The summed E-state index contributed by atoms with van der Waals surface area (Å²) in [6, 6.07) is 8.94. The van der Waals surface area contributed by atoms with E-state index in [9.17, 15) is 4.79 Å². The van der Waals surface area contributed by atoms with Crippen LogP contribution in [0.4, 0.5) is 5.82 Å². The summed E-state index contributed by atoms with van der Waals surface area (Å²) in [5.74, 6) is 1.83. The predicted molar refractivity (Wildman–Crippen MR) is 93.2 cm³/mol. The molecule has 134 valence electrons. The number of hydrogen-bond donors (Lipinski definition) is 2. The highest BCUT2D eigenvalue weighted by Crippen LogP contribution is 2.16. The van der Waals surface area contributed by atoms with Crippen LogP contribution in [0.2, 0.25) is 0 Å². The summed E-state index contributed by atoms with van der Waals surface area (Å²) < 4.78 is 15.6. The third kappa shape index (κ3) is 6.27. The second-order valence-corrected chi connectivity index (χ2v) is 4.99. The molecule has 1 aromatic carbocycles. The number of rotatable bonds is 10. The summed E-state index contributed by atoms with van der Waals surface area (Å²) in [7, 11) is 3.19. The first-order chi connectivity index (χ1) is 12.2. The van der Waals surface area contributed by atoms with Gasteiger partial charge in [0.2, 0.25) is 0 Å². The second kappa shape index (κ2) is 10.1. The van der Waals surface area contributed by atoms with E-state index in [2.05, 4.69) is 20.6 Å². The molecule has 0 saturated heterocycles. The second-order valence-electron chi connectivity index (χ2n) is 4.99. The molecule has 1 aromatic heterocycles. The molecule has 0 radical (unpaired) electrons. The van der Waals surface area contributed by atoms with Crippen LogP contribution in [0.1, 0.15) is 10.5 Å². The minimum atomic E-state index is -0.267. The Morgan fingerprint density at radius 1 is 1.04 bits per heavy atom. The summed E-state index contributed by atoms with van der Waals surface area (Å²) in [6.07, 6.45) is 1.35. The Hall–Kier alpha value is -2.87. The van der Waals surface area contributed by atoms with Crippen LogP contribution in [-0.2, 0) is 4.74 Å². The Balaban J connectivity index is 1.76. The smallest absolute Gasteiger partial charge is 0.270 e. The van der Waals surface area contributed by atoms with Crippen LogP contribution < -0.4 is 20.1 Å². The molecule has 0 aliphatic carbocycles. The van der Waals surface area contributed by atoms with Crippen LogP contribution in [-0.4, -0.2) is 56.4 Å². The number of carbonyl (C=O) groups is 1. The zero-order valence-corrected chi connectivity index (χ0v) is 14.3. The summed E-state index contributed by atoms with van der Waals surface area (Å²) >= 11 is 0. The van der Waals surface area contributed by atoms with Crippen LogP contribution >= 0.6 is 0 Å². The number of anilines is 1. The molecular weight excluding hydrogens is 324 g/mol. The fraction of sp³-hybridized carbons (Fsp3) is 0.353. The van der Waals surface area contributed by atoms with Gasteiger partial charge in [0.25, 0.3) is 5.91 Å². The van der Waals surface area contributed by atoms with Gasteiger partial charge in [0.15, 0.2) is 0 Å². The van der Waals surface area contributed by atoms with Gasteiger partial charge in [0.1, 0.15) is 35.9 Å². The first kappa shape index (κ1) is 18.5. The van der Waals surface area contributed by atoms with E-state index in [0.29, 0.717) is 37.8 Å². The molecule has 0 aliphatic heterocycles. The van der Waals surface area contributed by atoms with Crippen molar-refractivity contribution in [1.29, 1.82) is 0 Å². The van der Waals surface area contributed by atoms with Crippen LogP contribution in [0, 0.1) is 0 Å². The summed E-state index contributed by atoms with van der Waals surface area (Å²) in [5, 5.41) is 5.80. The molecule has 1 amide bonds. The number of nitrogens with one attached hydrogen (secondary N) is 2. The average molecular weight is 346 g/mol. The maximum atomic E-state index is 11.9. The lowest BCUT2D eigenvalue weighted by atomic mass is 10.3. The molecule has 8 heteroatoms. The predicted octanol–water partition coefficient (Wildman–Crippen LogP) is 1.35. The van der Waals surface area contributed by atoms with Gasteiger partial charge in [-0.3, -0.25) is 4.79 Å².